The molecular formula is C21H20ClF3N2O3. The molecule has 1 heterocycles. The van der Waals surface area contributed by atoms with Gasteiger partial charge in [0, 0.05) is 29.4 Å². The van der Waals surface area contributed by atoms with Crippen LogP contribution in [0.1, 0.15) is 35.2 Å². The van der Waals surface area contributed by atoms with Gasteiger partial charge in [0.2, 0.25) is 0 Å². The molecule has 9 heteroatoms. The highest BCUT2D eigenvalue weighted by Crippen LogP contribution is 2.37. The highest BCUT2D eigenvalue weighted by molar-refractivity contribution is 6.31. The Morgan fingerprint density at radius 1 is 1.13 bits per heavy atom. The van der Waals surface area contributed by atoms with Gasteiger partial charge in [-0.15, -0.1) is 0 Å². The molecule has 30 heavy (non-hydrogen) atoms. The van der Waals surface area contributed by atoms with Crippen molar-refractivity contribution in [1.29, 1.82) is 0 Å². The molecule has 2 N–H and O–H groups in total. The molecule has 2 aromatic rings. The van der Waals surface area contributed by atoms with Gasteiger partial charge in [-0.2, -0.15) is 13.2 Å². The average molecular weight is 441 g/mol. The summed E-state index contributed by atoms with van der Waals surface area (Å²) in [6.07, 6.45) is -4.48. The van der Waals surface area contributed by atoms with Crippen LogP contribution in [0.25, 0.3) is 0 Å². The summed E-state index contributed by atoms with van der Waals surface area (Å²) in [6, 6.07) is 13.0. The van der Waals surface area contributed by atoms with E-state index in [0.29, 0.717) is 41.3 Å². The Morgan fingerprint density at radius 3 is 2.47 bits per heavy atom. The van der Waals surface area contributed by atoms with E-state index in [0.717, 1.165) is 0 Å². The Kier molecular flexibility index (Phi) is 6.67. The van der Waals surface area contributed by atoms with E-state index in [1.165, 1.54) is 6.07 Å². The lowest BCUT2D eigenvalue weighted by Gasteiger charge is -2.28. The highest BCUT2D eigenvalue weighted by Gasteiger charge is 2.44. The lowest BCUT2D eigenvalue weighted by Crippen LogP contribution is -2.45. The number of halogens is 4. The summed E-state index contributed by atoms with van der Waals surface area (Å²) in [6.45, 7) is -0.179. The third-order valence-corrected chi connectivity index (χ3v) is 5.01. The zero-order valence-corrected chi connectivity index (χ0v) is 16.6. The molecule has 1 aliphatic heterocycles. The second-order valence-electron chi connectivity index (χ2n) is 6.94. The summed E-state index contributed by atoms with van der Waals surface area (Å²) in [5.74, 6) is -0.943. The summed E-state index contributed by atoms with van der Waals surface area (Å²) in [5.41, 5.74) is 0.0759. The fraction of sp³-hybridized carbons (Fsp3) is 0.333. The first kappa shape index (κ1) is 22.1. The maximum atomic E-state index is 12.6. The molecule has 0 radical (unpaired) electrons. The van der Waals surface area contributed by atoms with Gasteiger partial charge >= 0.3 is 6.18 Å². The van der Waals surface area contributed by atoms with Gasteiger partial charge in [0.05, 0.1) is 6.42 Å². The summed E-state index contributed by atoms with van der Waals surface area (Å²) < 4.78 is 42.8. The molecule has 0 aliphatic carbocycles. The van der Waals surface area contributed by atoms with Crippen LogP contribution < -0.4 is 10.6 Å². The molecule has 3 rings (SSSR count). The quantitative estimate of drug-likeness (QED) is 0.686. The van der Waals surface area contributed by atoms with E-state index in [9.17, 15) is 22.8 Å². The molecule has 1 atom stereocenters. The summed E-state index contributed by atoms with van der Waals surface area (Å²) >= 11 is 5.90. The molecule has 1 fully saturated rings. The van der Waals surface area contributed by atoms with Gasteiger partial charge in [-0.25, -0.2) is 0 Å². The Labute approximate surface area is 176 Å². The maximum absolute atomic E-state index is 12.6. The van der Waals surface area contributed by atoms with Crippen molar-refractivity contribution in [3.8, 4) is 0 Å². The predicted molar refractivity (Wildman–Crippen MR) is 106 cm³/mol. The van der Waals surface area contributed by atoms with Crippen LogP contribution in [-0.4, -0.2) is 31.1 Å². The zero-order chi connectivity index (χ0) is 21.8. The van der Waals surface area contributed by atoms with Crippen LogP contribution in [0.2, 0.25) is 5.02 Å². The molecule has 160 valence electrons. The second kappa shape index (κ2) is 9.06. The molecule has 0 saturated carbocycles. The fourth-order valence-electron chi connectivity index (χ4n) is 3.29. The van der Waals surface area contributed by atoms with Crippen molar-refractivity contribution < 1.29 is 27.5 Å². The van der Waals surface area contributed by atoms with Gasteiger partial charge in [0.25, 0.3) is 11.8 Å². The molecule has 0 bridgehead atoms. The number of nitrogens with one attached hydrogen (secondary N) is 2. The molecule has 2 aromatic carbocycles. The monoisotopic (exact) mass is 440 g/mol. The van der Waals surface area contributed by atoms with Gasteiger partial charge in [-0.1, -0.05) is 29.8 Å². The average Bonchev–Trinajstić information content (AvgIpc) is 3.18. The van der Waals surface area contributed by atoms with Crippen molar-refractivity contribution in [3.05, 3.63) is 64.7 Å². The summed E-state index contributed by atoms with van der Waals surface area (Å²) in [7, 11) is 0. The van der Waals surface area contributed by atoms with Gasteiger partial charge in [0.1, 0.15) is 0 Å². The van der Waals surface area contributed by atoms with Gasteiger partial charge in [-0.3, -0.25) is 9.59 Å². The van der Waals surface area contributed by atoms with Gasteiger partial charge in [-0.05, 0) is 48.7 Å². The fourth-order valence-corrected chi connectivity index (χ4v) is 3.48. The number of hydrogen-bond donors (Lipinski definition) is 2. The van der Waals surface area contributed by atoms with E-state index in [1.807, 2.05) is 0 Å². The molecule has 2 amide bonds. The standard InChI is InChI=1S/C21H20ClF3N2O3/c22-16-4-1-3-14(13-16)18(28)27-17-7-5-15(6-8-17)20(9-2-12-30-20)19(29)26-11-10-21(23,24)25/h1,3-8,13H,2,9-12H2,(H,26,29)(H,27,28). The number of amides is 2. The number of carbonyl (C=O) groups excluding carboxylic acids is 2. The van der Waals surface area contributed by atoms with Crippen LogP contribution >= 0.6 is 11.6 Å². The van der Waals surface area contributed by atoms with Crippen LogP contribution in [0.15, 0.2) is 48.5 Å². The van der Waals surface area contributed by atoms with Gasteiger partial charge < -0.3 is 15.4 Å². The van der Waals surface area contributed by atoms with E-state index in [1.54, 1.807) is 42.5 Å². The second-order valence-corrected chi connectivity index (χ2v) is 7.38. The normalized spacial score (nSPS) is 18.8. The number of anilines is 1. The van der Waals surface area contributed by atoms with E-state index in [-0.39, 0.29) is 5.91 Å². The largest absolute Gasteiger partial charge is 0.390 e. The van der Waals surface area contributed by atoms with Crippen LogP contribution in [0.5, 0.6) is 0 Å². The number of carbonyl (C=O) groups is 2. The van der Waals surface area contributed by atoms with Crippen LogP contribution in [0.4, 0.5) is 18.9 Å². The van der Waals surface area contributed by atoms with E-state index >= 15 is 0 Å². The first-order chi connectivity index (χ1) is 14.2. The number of ether oxygens (including phenoxy) is 1. The first-order valence-corrected chi connectivity index (χ1v) is 9.74. The van der Waals surface area contributed by atoms with Crippen LogP contribution in [0.3, 0.4) is 0 Å². The number of rotatable bonds is 6. The summed E-state index contributed by atoms with van der Waals surface area (Å²) in [5, 5.41) is 5.50. The lowest BCUT2D eigenvalue weighted by molar-refractivity contribution is -0.146. The van der Waals surface area contributed by atoms with Crippen molar-refractivity contribution in [1.82, 2.24) is 5.32 Å². The minimum absolute atomic E-state index is 0.333. The lowest BCUT2D eigenvalue weighted by atomic mass is 9.89. The minimum Gasteiger partial charge on any atom is -0.360 e. The Balaban J connectivity index is 1.70. The number of benzene rings is 2. The molecule has 1 saturated heterocycles. The number of alkyl halides is 3. The van der Waals surface area contributed by atoms with Crippen molar-refractivity contribution in [3.63, 3.8) is 0 Å². The topological polar surface area (TPSA) is 67.4 Å². The molecule has 0 spiro atoms. The molecule has 1 unspecified atom stereocenters. The van der Waals surface area contributed by atoms with Gasteiger partial charge in [0.15, 0.2) is 5.60 Å². The van der Waals surface area contributed by atoms with Crippen molar-refractivity contribution in [2.75, 3.05) is 18.5 Å². The van der Waals surface area contributed by atoms with E-state index in [4.69, 9.17) is 16.3 Å². The highest BCUT2D eigenvalue weighted by atomic mass is 35.5. The molecular weight excluding hydrogens is 421 g/mol. The maximum Gasteiger partial charge on any atom is 0.390 e. The molecule has 5 nitrogen and oxygen atoms in total. The van der Waals surface area contributed by atoms with E-state index < -0.39 is 30.7 Å². The first-order valence-electron chi connectivity index (χ1n) is 9.36. The molecule has 1 aliphatic rings. The van der Waals surface area contributed by atoms with Crippen molar-refractivity contribution >= 4 is 29.1 Å². The zero-order valence-electron chi connectivity index (χ0n) is 15.9. The minimum atomic E-state index is -4.35. The van der Waals surface area contributed by atoms with Crippen LogP contribution in [-0.2, 0) is 15.1 Å². The molecule has 0 aromatic heterocycles. The SMILES string of the molecule is O=C(Nc1ccc(C2(C(=O)NCCC(F)(F)F)CCCO2)cc1)c1cccc(Cl)c1. The third kappa shape index (κ3) is 5.31. The smallest absolute Gasteiger partial charge is 0.360 e. The Bertz CT molecular complexity index is 910. The predicted octanol–water partition coefficient (Wildman–Crippen LogP) is 4.67. The van der Waals surface area contributed by atoms with Crippen molar-refractivity contribution in [2.45, 2.75) is 31.0 Å². The van der Waals surface area contributed by atoms with Crippen molar-refractivity contribution in [2.24, 2.45) is 0 Å². The Morgan fingerprint density at radius 2 is 1.87 bits per heavy atom. The van der Waals surface area contributed by atoms with E-state index in [2.05, 4.69) is 10.6 Å². The summed E-state index contributed by atoms with van der Waals surface area (Å²) in [4.78, 5) is 25.0. The van der Waals surface area contributed by atoms with Crippen LogP contribution in [0, 0.1) is 0 Å². The third-order valence-electron chi connectivity index (χ3n) is 4.78. The number of hydrogen-bond acceptors (Lipinski definition) is 3. The Hall–Kier alpha value is -2.58.